The summed E-state index contributed by atoms with van der Waals surface area (Å²) in [6.07, 6.45) is 0. The zero-order chi connectivity index (χ0) is 14.4. The summed E-state index contributed by atoms with van der Waals surface area (Å²) in [4.78, 5) is 11.8. The molecule has 0 radical (unpaired) electrons. The Kier molecular flexibility index (Phi) is 4.60. The van der Waals surface area contributed by atoms with Gasteiger partial charge in [0.1, 0.15) is 22.8 Å². The van der Waals surface area contributed by atoms with Gasteiger partial charge in [0.05, 0.1) is 13.7 Å². The largest absolute Gasteiger partial charge is 0.493 e. The average Bonchev–Trinajstić information content (AvgIpc) is 2.49. The van der Waals surface area contributed by atoms with Crippen molar-refractivity contribution in [1.29, 1.82) is 0 Å². The number of ether oxygens (including phenoxy) is 3. The van der Waals surface area contributed by atoms with E-state index in [4.69, 9.17) is 14.2 Å². The summed E-state index contributed by atoms with van der Waals surface area (Å²) in [7, 11) is 1.34. The second-order valence-electron chi connectivity index (χ2n) is 4.00. The molecule has 0 aliphatic carbocycles. The van der Waals surface area contributed by atoms with Gasteiger partial charge in [-0.05, 0) is 37.3 Å². The molecule has 4 heteroatoms. The van der Waals surface area contributed by atoms with Crippen molar-refractivity contribution in [2.45, 2.75) is 6.92 Å². The van der Waals surface area contributed by atoms with Gasteiger partial charge in [0.2, 0.25) is 0 Å². The number of rotatable bonds is 5. The Morgan fingerprint density at radius 1 is 1.05 bits per heavy atom. The van der Waals surface area contributed by atoms with Crippen LogP contribution in [-0.2, 0) is 4.74 Å². The molecule has 0 aliphatic heterocycles. The van der Waals surface area contributed by atoms with Gasteiger partial charge >= 0.3 is 5.97 Å². The van der Waals surface area contributed by atoms with Crippen molar-refractivity contribution < 1.29 is 19.0 Å². The zero-order valence-electron chi connectivity index (χ0n) is 11.5. The first-order valence-electron chi connectivity index (χ1n) is 6.32. The minimum Gasteiger partial charge on any atom is -0.493 e. The number of carbonyl (C=O) groups excluding carboxylic acids is 1. The lowest BCUT2D eigenvalue weighted by atomic mass is 10.2. The first-order chi connectivity index (χ1) is 9.74. The summed E-state index contributed by atoms with van der Waals surface area (Å²) in [5.74, 6) is 1.29. The maximum absolute atomic E-state index is 11.8. The number of hydrogen-bond acceptors (Lipinski definition) is 4. The van der Waals surface area contributed by atoms with Crippen molar-refractivity contribution in [3.8, 4) is 17.2 Å². The second-order valence-corrected chi connectivity index (χ2v) is 4.00. The van der Waals surface area contributed by atoms with Crippen LogP contribution in [0.25, 0.3) is 0 Å². The van der Waals surface area contributed by atoms with Crippen molar-refractivity contribution in [2.75, 3.05) is 13.7 Å². The molecule has 20 heavy (non-hydrogen) atoms. The summed E-state index contributed by atoms with van der Waals surface area (Å²) >= 11 is 0. The number of para-hydroxylation sites is 1. The molecule has 0 saturated heterocycles. The molecule has 4 nitrogen and oxygen atoms in total. The van der Waals surface area contributed by atoms with E-state index in [-0.39, 0.29) is 0 Å². The number of benzene rings is 2. The van der Waals surface area contributed by atoms with E-state index < -0.39 is 5.97 Å². The third-order valence-corrected chi connectivity index (χ3v) is 2.64. The molecule has 2 aromatic carbocycles. The Morgan fingerprint density at radius 2 is 1.80 bits per heavy atom. The lowest BCUT2D eigenvalue weighted by Crippen LogP contribution is -2.05. The van der Waals surface area contributed by atoms with E-state index in [0.717, 1.165) is 0 Å². The molecule has 0 fully saturated rings. The Bertz CT molecular complexity index is 578. The van der Waals surface area contributed by atoms with Gasteiger partial charge in [0.15, 0.2) is 0 Å². The van der Waals surface area contributed by atoms with Gasteiger partial charge in [0.25, 0.3) is 0 Å². The van der Waals surface area contributed by atoms with Gasteiger partial charge in [-0.2, -0.15) is 0 Å². The third-order valence-electron chi connectivity index (χ3n) is 2.64. The molecule has 0 heterocycles. The summed E-state index contributed by atoms with van der Waals surface area (Å²) < 4.78 is 15.8. The molecule has 0 bridgehead atoms. The highest BCUT2D eigenvalue weighted by atomic mass is 16.5. The van der Waals surface area contributed by atoms with Crippen LogP contribution in [0.2, 0.25) is 0 Å². The Labute approximate surface area is 117 Å². The van der Waals surface area contributed by atoms with E-state index in [1.54, 1.807) is 18.2 Å². The third kappa shape index (κ3) is 3.29. The van der Waals surface area contributed by atoms with Crippen LogP contribution in [0.4, 0.5) is 0 Å². The zero-order valence-corrected chi connectivity index (χ0v) is 11.5. The standard InChI is InChI=1S/C16H16O4/c1-3-19-15-10-9-13(11-14(15)16(17)18-2)20-12-7-5-4-6-8-12/h4-11H,3H2,1-2H3. The first kappa shape index (κ1) is 13.9. The molecule has 2 rings (SSSR count). The number of methoxy groups -OCH3 is 1. The van der Waals surface area contributed by atoms with E-state index in [9.17, 15) is 4.79 Å². The molecule has 0 spiro atoms. The maximum Gasteiger partial charge on any atom is 0.341 e. The van der Waals surface area contributed by atoms with Crippen LogP contribution in [0.15, 0.2) is 48.5 Å². The fraction of sp³-hybridized carbons (Fsp3) is 0.188. The highest BCUT2D eigenvalue weighted by molar-refractivity contribution is 5.93. The molecule has 0 aliphatic rings. The molecular weight excluding hydrogens is 256 g/mol. The summed E-state index contributed by atoms with van der Waals surface area (Å²) in [6.45, 7) is 2.33. The predicted octanol–water partition coefficient (Wildman–Crippen LogP) is 3.66. The number of hydrogen-bond donors (Lipinski definition) is 0. The average molecular weight is 272 g/mol. The van der Waals surface area contributed by atoms with Crippen LogP contribution < -0.4 is 9.47 Å². The van der Waals surface area contributed by atoms with Crippen LogP contribution >= 0.6 is 0 Å². The van der Waals surface area contributed by atoms with Gasteiger partial charge in [-0.3, -0.25) is 0 Å². The van der Waals surface area contributed by atoms with Gasteiger partial charge in [-0.15, -0.1) is 0 Å². The quantitative estimate of drug-likeness (QED) is 0.779. The van der Waals surface area contributed by atoms with E-state index in [2.05, 4.69) is 0 Å². The molecule has 0 aromatic heterocycles. The second kappa shape index (κ2) is 6.61. The fourth-order valence-electron chi connectivity index (χ4n) is 1.75. The molecule has 0 amide bonds. The topological polar surface area (TPSA) is 44.8 Å². The van der Waals surface area contributed by atoms with Crippen molar-refractivity contribution >= 4 is 5.97 Å². The van der Waals surface area contributed by atoms with Crippen molar-refractivity contribution in [3.63, 3.8) is 0 Å². The van der Waals surface area contributed by atoms with Crippen LogP contribution in [0, 0.1) is 0 Å². The van der Waals surface area contributed by atoms with Gasteiger partial charge in [-0.1, -0.05) is 18.2 Å². The minimum absolute atomic E-state index is 0.350. The highest BCUT2D eigenvalue weighted by Crippen LogP contribution is 2.28. The van der Waals surface area contributed by atoms with Gasteiger partial charge < -0.3 is 14.2 Å². The normalized spacial score (nSPS) is 9.90. The molecule has 2 aromatic rings. The van der Waals surface area contributed by atoms with Crippen LogP contribution in [0.1, 0.15) is 17.3 Å². The van der Waals surface area contributed by atoms with Crippen LogP contribution in [-0.4, -0.2) is 19.7 Å². The smallest absolute Gasteiger partial charge is 0.341 e. The Morgan fingerprint density at radius 3 is 2.45 bits per heavy atom. The molecule has 0 unspecified atom stereocenters. The Balaban J connectivity index is 2.29. The lowest BCUT2D eigenvalue weighted by Gasteiger charge is -2.11. The summed E-state index contributed by atoms with van der Waals surface area (Å²) in [5, 5.41) is 0. The maximum atomic E-state index is 11.8. The fourth-order valence-corrected chi connectivity index (χ4v) is 1.75. The van der Waals surface area contributed by atoms with Gasteiger partial charge in [0, 0.05) is 0 Å². The van der Waals surface area contributed by atoms with E-state index in [0.29, 0.717) is 29.4 Å². The van der Waals surface area contributed by atoms with Gasteiger partial charge in [-0.25, -0.2) is 4.79 Å². The molecule has 104 valence electrons. The van der Waals surface area contributed by atoms with E-state index in [1.165, 1.54) is 7.11 Å². The first-order valence-corrected chi connectivity index (χ1v) is 6.32. The van der Waals surface area contributed by atoms with Crippen LogP contribution in [0.3, 0.4) is 0 Å². The lowest BCUT2D eigenvalue weighted by molar-refractivity contribution is 0.0596. The van der Waals surface area contributed by atoms with Crippen molar-refractivity contribution in [2.24, 2.45) is 0 Å². The highest BCUT2D eigenvalue weighted by Gasteiger charge is 2.14. The molecular formula is C16H16O4. The number of carbonyl (C=O) groups is 1. The van der Waals surface area contributed by atoms with E-state index in [1.807, 2.05) is 37.3 Å². The monoisotopic (exact) mass is 272 g/mol. The molecule has 0 atom stereocenters. The molecule has 0 saturated carbocycles. The minimum atomic E-state index is -0.452. The predicted molar refractivity (Wildman–Crippen MR) is 75.5 cm³/mol. The SMILES string of the molecule is CCOc1ccc(Oc2ccccc2)cc1C(=O)OC. The molecule has 0 N–H and O–H groups in total. The number of esters is 1. The van der Waals surface area contributed by atoms with Crippen molar-refractivity contribution in [1.82, 2.24) is 0 Å². The summed E-state index contributed by atoms with van der Waals surface area (Å²) in [6, 6.07) is 14.4. The van der Waals surface area contributed by atoms with Crippen LogP contribution in [0.5, 0.6) is 17.2 Å². The van der Waals surface area contributed by atoms with E-state index >= 15 is 0 Å². The van der Waals surface area contributed by atoms with Crippen molar-refractivity contribution in [3.05, 3.63) is 54.1 Å². The summed E-state index contributed by atoms with van der Waals surface area (Å²) in [5.41, 5.74) is 0.350. The Hall–Kier alpha value is -2.49.